The van der Waals surface area contributed by atoms with Gasteiger partial charge in [-0.1, -0.05) is 68.2 Å². The van der Waals surface area contributed by atoms with Crippen LogP contribution in [0.4, 0.5) is 0 Å². The average molecular weight is 502 g/mol. The van der Waals surface area contributed by atoms with Gasteiger partial charge in [0.1, 0.15) is 0 Å². The van der Waals surface area contributed by atoms with Crippen LogP contribution in [0.3, 0.4) is 0 Å². The lowest BCUT2D eigenvalue weighted by molar-refractivity contribution is -0.155. The van der Waals surface area contributed by atoms with Gasteiger partial charge in [0.25, 0.3) is 0 Å². The van der Waals surface area contributed by atoms with Crippen molar-refractivity contribution in [3.8, 4) is 0 Å². The molecule has 0 bridgehead atoms. The number of nitrogens with one attached hydrogen (secondary N) is 1. The van der Waals surface area contributed by atoms with Crippen molar-refractivity contribution in [3.05, 3.63) is 86.1 Å². The molecule has 6 nitrogen and oxygen atoms in total. The molecular formula is C26H29Cl2N3O3. The number of nitrogens with zero attached hydrogens (tertiary/aromatic N) is 2. The summed E-state index contributed by atoms with van der Waals surface area (Å²) in [6, 6.07) is 15.4. The lowest BCUT2D eigenvalue weighted by Crippen LogP contribution is -2.56. The van der Waals surface area contributed by atoms with Crippen LogP contribution < -0.4 is 5.76 Å². The summed E-state index contributed by atoms with van der Waals surface area (Å²) in [4.78, 5) is 27.8. The molecule has 1 N–H and O–H groups in total. The highest BCUT2D eigenvalue weighted by molar-refractivity contribution is 6.30. The zero-order valence-corrected chi connectivity index (χ0v) is 21.1. The van der Waals surface area contributed by atoms with Gasteiger partial charge < -0.3 is 9.32 Å². The Kier molecular flexibility index (Phi) is 7.20. The van der Waals surface area contributed by atoms with E-state index in [-0.39, 0.29) is 36.2 Å². The molecule has 0 saturated carbocycles. The van der Waals surface area contributed by atoms with Crippen LogP contribution >= 0.6 is 23.2 Å². The first-order chi connectivity index (χ1) is 16.3. The standard InChI is InChI=1S/C26H29Cl2N3O3/c1-4-20(5-2)31-23(16-9-11-18(27)12-10-16)21(17-7-6-8-19(28)13-17)14-26(3,24(31)32)15-22-29-30-25(33)34-22/h6-13,20-21,23H,4-5,14-15H2,1-3H3,(H,30,33)/t21-,23-,26-/m1/s1. The number of likely N-dealkylation sites (tertiary alicyclic amines) is 1. The Morgan fingerprint density at radius 2 is 1.79 bits per heavy atom. The highest BCUT2D eigenvalue weighted by Crippen LogP contribution is 2.52. The summed E-state index contributed by atoms with van der Waals surface area (Å²) in [5.74, 6) is -0.386. The number of halogens is 2. The Bertz CT molecular complexity index is 1200. The summed E-state index contributed by atoms with van der Waals surface area (Å²) in [6.45, 7) is 6.15. The maximum absolute atomic E-state index is 14.2. The van der Waals surface area contributed by atoms with Crippen molar-refractivity contribution in [2.75, 3.05) is 0 Å². The minimum atomic E-state index is -0.816. The van der Waals surface area contributed by atoms with Gasteiger partial charge in [-0.05, 0) is 54.7 Å². The molecule has 2 aromatic carbocycles. The van der Waals surface area contributed by atoms with Crippen LogP contribution in [-0.2, 0) is 11.2 Å². The highest BCUT2D eigenvalue weighted by Gasteiger charge is 2.51. The molecular weight excluding hydrogens is 473 g/mol. The summed E-state index contributed by atoms with van der Waals surface area (Å²) < 4.78 is 5.20. The quantitative estimate of drug-likeness (QED) is 0.420. The first kappa shape index (κ1) is 24.6. The number of hydrogen-bond donors (Lipinski definition) is 1. The van der Waals surface area contributed by atoms with Crippen LogP contribution in [0, 0.1) is 5.41 Å². The summed E-state index contributed by atoms with van der Waals surface area (Å²) >= 11 is 12.6. The van der Waals surface area contributed by atoms with E-state index >= 15 is 0 Å². The van der Waals surface area contributed by atoms with Gasteiger partial charge in [0.15, 0.2) is 0 Å². The van der Waals surface area contributed by atoms with Gasteiger partial charge in [-0.2, -0.15) is 0 Å². The normalized spacial score (nSPS) is 23.0. The van der Waals surface area contributed by atoms with Crippen molar-refractivity contribution in [3.63, 3.8) is 0 Å². The number of carbonyl (C=O) groups excluding carboxylic acids is 1. The lowest BCUT2D eigenvalue weighted by atomic mass is 9.67. The summed E-state index contributed by atoms with van der Waals surface area (Å²) in [5.41, 5.74) is 1.28. The molecule has 8 heteroatoms. The van der Waals surface area contributed by atoms with E-state index in [4.69, 9.17) is 27.6 Å². The fourth-order valence-corrected chi connectivity index (χ4v) is 5.62. The second-order valence-electron chi connectivity index (χ2n) is 9.29. The molecule has 1 aromatic heterocycles. The third-order valence-corrected chi connectivity index (χ3v) is 7.44. The monoisotopic (exact) mass is 501 g/mol. The van der Waals surface area contributed by atoms with E-state index in [0.29, 0.717) is 16.5 Å². The van der Waals surface area contributed by atoms with Crippen molar-refractivity contribution in [1.29, 1.82) is 0 Å². The number of carbonyl (C=O) groups is 1. The SMILES string of the molecule is CCC(CC)N1C(=O)[C@@](C)(Cc2n[nH]c(=O)o2)C[C@H](c2cccc(Cl)c2)[C@H]1c1ccc(Cl)cc1. The molecule has 0 unspecified atom stereocenters. The number of piperidine rings is 1. The Hall–Kier alpha value is -2.57. The second kappa shape index (κ2) is 9.96. The number of aromatic amines is 1. The van der Waals surface area contributed by atoms with Gasteiger partial charge in [0.05, 0.1) is 11.5 Å². The predicted octanol–water partition coefficient (Wildman–Crippen LogP) is 6.16. The van der Waals surface area contributed by atoms with Crippen molar-refractivity contribution in [2.24, 2.45) is 5.41 Å². The van der Waals surface area contributed by atoms with Crippen molar-refractivity contribution >= 4 is 29.1 Å². The van der Waals surface area contributed by atoms with E-state index in [9.17, 15) is 9.59 Å². The Morgan fingerprint density at radius 1 is 1.09 bits per heavy atom. The van der Waals surface area contributed by atoms with Gasteiger partial charge in [-0.25, -0.2) is 9.89 Å². The molecule has 34 heavy (non-hydrogen) atoms. The number of rotatable bonds is 7. The zero-order chi connectivity index (χ0) is 24.5. The molecule has 1 aliphatic heterocycles. The van der Waals surface area contributed by atoms with Crippen LogP contribution in [-0.4, -0.2) is 27.0 Å². The van der Waals surface area contributed by atoms with Crippen LogP contribution in [0.5, 0.6) is 0 Å². The van der Waals surface area contributed by atoms with Gasteiger partial charge in [0.2, 0.25) is 11.8 Å². The molecule has 1 aliphatic rings. The first-order valence-electron chi connectivity index (χ1n) is 11.6. The van der Waals surface area contributed by atoms with E-state index in [2.05, 4.69) is 30.1 Å². The molecule has 1 fully saturated rings. The van der Waals surface area contributed by atoms with E-state index in [1.807, 2.05) is 54.3 Å². The Morgan fingerprint density at radius 3 is 2.38 bits per heavy atom. The van der Waals surface area contributed by atoms with Gasteiger partial charge in [-0.15, -0.1) is 5.10 Å². The zero-order valence-electron chi connectivity index (χ0n) is 19.6. The topological polar surface area (TPSA) is 79.2 Å². The third-order valence-electron chi connectivity index (χ3n) is 6.95. The summed E-state index contributed by atoms with van der Waals surface area (Å²) in [5, 5.41) is 7.60. The molecule has 0 aliphatic carbocycles. The summed E-state index contributed by atoms with van der Waals surface area (Å²) in [7, 11) is 0. The minimum Gasteiger partial charge on any atom is -0.392 e. The molecule has 3 aromatic rings. The van der Waals surface area contributed by atoms with Gasteiger partial charge in [0, 0.05) is 28.4 Å². The Labute approximate surface area is 209 Å². The van der Waals surface area contributed by atoms with Crippen LogP contribution in [0.25, 0.3) is 0 Å². The number of benzene rings is 2. The lowest BCUT2D eigenvalue weighted by Gasteiger charge is -2.52. The fourth-order valence-electron chi connectivity index (χ4n) is 5.30. The van der Waals surface area contributed by atoms with Crippen molar-refractivity contribution in [2.45, 2.75) is 64.5 Å². The van der Waals surface area contributed by atoms with E-state index < -0.39 is 11.2 Å². The number of hydrogen-bond acceptors (Lipinski definition) is 4. The molecule has 1 amide bonds. The fraction of sp³-hybridized carbons (Fsp3) is 0.423. The smallest absolute Gasteiger partial charge is 0.392 e. The van der Waals surface area contributed by atoms with Gasteiger partial charge in [-0.3, -0.25) is 4.79 Å². The van der Waals surface area contributed by atoms with Crippen molar-refractivity contribution < 1.29 is 9.21 Å². The van der Waals surface area contributed by atoms with Crippen LogP contribution in [0.1, 0.15) is 69.0 Å². The number of amides is 1. The number of aromatic nitrogens is 2. The molecule has 180 valence electrons. The van der Waals surface area contributed by atoms with E-state index in [0.717, 1.165) is 24.0 Å². The molecule has 4 rings (SSSR count). The second-order valence-corrected chi connectivity index (χ2v) is 10.2. The Balaban J connectivity index is 1.88. The molecule has 3 atom stereocenters. The van der Waals surface area contributed by atoms with Crippen LogP contribution in [0.2, 0.25) is 10.0 Å². The molecule has 0 radical (unpaired) electrons. The molecule has 0 spiro atoms. The minimum absolute atomic E-state index is 0.0325. The number of H-pyrrole nitrogens is 1. The summed E-state index contributed by atoms with van der Waals surface area (Å²) in [6.07, 6.45) is 2.42. The van der Waals surface area contributed by atoms with E-state index in [1.54, 1.807) is 0 Å². The molecule has 2 heterocycles. The van der Waals surface area contributed by atoms with E-state index in [1.165, 1.54) is 0 Å². The highest BCUT2D eigenvalue weighted by atomic mass is 35.5. The van der Waals surface area contributed by atoms with Crippen LogP contribution in [0.15, 0.2) is 57.7 Å². The maximum atomic E-state index is 14.2. The third kappa shape index (κ3) is 4.80. The first-order valence-corrected chi connectivity index (χ1v) is 12.4. The average Bonchev–Trinajstić information content (AvgIpc) is 3.22. The largest absolute Gasteiger partial charge is 0.434 e. The van der Waals surface area contributed by atoms with Gasteiger partial charge >= 0.3 is 5.76 Å². The van der Waals surface area contributed by atoms with Crippen molar-refractivity contribution in [1.82, 2.24) is 15.1 Å². The maximum Gasteiger partial charge on any atom is 0.434 e. The molecule has 1 saturated heterocycles. The predicted molar refractivity (Wildman–Crippen MR) is 133 cm³/mol.